The van der Waals surface area contributed by atoms with Crippen LogP contribution in [0.25, 0.3) is 0 Å². The molecule has 2 nitrogen and oxygen atoms in total. The van der Waals surface area contributed by atoms with Gasteiger partial charge in [-0.05, 0) is 65.8 Å². The second-order valence-corrected chi connectivity index (χ2v) is 8.19. The van der Waals surface area contributed by atoms with Crippen molar-refractivity contribution >= 4 is 15.9 Å². The van der Waals surface area contributed by atoms with Crippen LogP contribution in [0.4, 0.5) is 8.78 Å². The van der Waals surface area contributed by atoms with Gasteiger partial charge in [0, 0.05) is 15.9 Å². The second kappa shape index (κ2) is 8.95. The lowest BCUT2D eigenvalue weighted by atomic mass is 9.79. The van der Waals surface area contributed by atoms with E-state index in [9.17, 15) is 8.78 Å². The maximum Gasteiger partial charge on any atom is 0.459 e. The number of hydrogen-bond acceptors (Lipinski definition) is 2. The summed E-state index contributed by atoms with van der Waals surface area (Å²) in [6, 6.07) is 24.3. The van der Waals surface area contributed by atoms with Crippen molar-refractivity contribution in [2.45, 2.75) is 30.7 Å². The molecule has 0 heterocycles. The highest BCUT2D eigenvalue weighted by Crippen LogP contribution is 2.32. The third-order valence-corrected chi connectivity index (χ3v) is 4.72. The van der Waals surface area contributed by atoms with Gasteiger partial charge >= 0.3 is 5.02 Å². The first kappa shape index (κ1) is 21.3. The van der Waals surface area contributed by atoms with Crippen molar-refractivity contribution < 1.29 is 18.3 Å². The van der Waals surface area contributed by atoms with E-state index in [1.54, 1.807) is 24.3 Å². The summed E-state index contributed by atoms with van der Waals surface area (Å²) in [4.78, 5) is 0. The summed E-state index contributed by atoms with van der Waals surface area (Å²) >= 11 is 2.18. The van der Waals surface area contributed by atoms with E-state index in [0.717, 1.165) is 29.0 Å². The quantitative estimate of drug-likeness (QED) is 0.324. The molecule has 0 saturated heterocycles. The lowest BCUT2D eigenvalue weighted by Crippen LogP contribution is -2.19. The molecule has 151 valence electrons. The number of rotatable bonds is 8. The Balaban J connectivity index is 1.63. The summed E-state index contributed by atoms with van der Waals surface area (Å²) in [7, 11) is 0. The van der Waals surface area contributed by atoms with Crippen molar-refractivity contribution in [3.63, 3.8) is 0 Å². The maximum absolute atomic E-state index is 12.9. The molecule has 0 saturated carbocycles. The highest BCUT2D eigenvalue weighted by Gasteiger charge is 2.27. The molecule has 0 amide bonds. The standard InChI is InChI=1S/C24H22BrF2O2/c1-23(2,19-11-13-21(14-12-19)29-24(25,26)27)16-15-18-7-6-10-22(17-18)28-20-8-4-3-5-9-20/h3-14,16-17H,15H2,1-2H3. The highest BCUT2D eigenvalue weighted by molar-refractivity contribution is 9.09. The number of hydrogen-bond donors (Lipinski definition) is 0. The van der Waals surface area contributed by atoms with Crippen molar-refractivity contribution in [1.82, 2.24) is 0 Å². The zero-order valence-electron chi connectivity index (χ0n) is 16.2. The van der Waals surface area contributed by atoms with Crippen LogP contribution in [-0.2, 0) is 11.8 Å². The molecule has 3 rings (SSSR count). The van der Waals surface area contributed by atoms with Crippen LogP contribution in [0.2, 0.25) is 0 Å². The van der Waals surface area contributed by atoms with Crippen molar-refractivity contribution in [2.24, 2.45) is 0 Å². The molecule has 0 N–H and O–H groups in total. The van der Waals surface area contributed by atoms with Gasteiger partial charge in [-0.15, -0.1) is 0 Å². The predicted octanol–water partition coefficient (Wildman–Crippen LogP) is 7.53. The minimum atomic E-state index is -3.37. The molecule has 0 spiro atoms. The molecule has 0 aliphatic heterocycles. The van der Waals surface area contributed by atoms with E-state index in [0.29, 0.717) is 0 Å². The van der Waals surface area contributed by atoms with Gasteiger partial charge < -0.3 is 9.47 Å². The van der Waals surface area contributed by atoms with E-state index in [2.05, 4.69) is 47.0 Å². The van der Waals surface area contributed by atoms with E-state index in [1.165, 1.54) is 0 Å². The minimum Gasteiger partial charge on any atom is -0.457 e. The van der Waals surface area contributed by atoms with Gasteiger partial charge in [0.25, 0.3) is 0 Å². The number of benzene rings is 3. The summed E-state index contributed by atoms with van der Waals surface area (Å²) in [5, 5.41) is -3.37. The molecule has 0 aliphatic carbocycles. The number of halogens is 3. The van der Waals surface area contributed by atoms with Crippen LogP contribution in [0.15, 0.2) is 78.9 Å². The van der Waals surface area contributed by atoms with E-state index >= 15 is 0 Å². The van der Waals surface area contributed by atoms with Crippen LogP contribution in [0.3, 0.4) is 0 Å². The van der Waals surface area contributed by atoms with Crippen LogP contribution in [0, 0.1) is 6.42 Å². The summed E-state index contributed by atoms with van der Waals surface area (Å²) < 4.78 is 36.2. The average molecular weight is 460 g/mol. The Kier molecular flexibility index (Phi) is 6.58. The molecule has 1 radical (unpaired) electrons. The molecular weight excluding hydrogens is 438 g/mol. The summed E-state index contributed by atoms with van der Waals surface area (Å²) in [6.45, 7) is 4.18. The molecule has 3 aromatic rings. The van der Waals surface area contributed by atoms with E-state index < -0.39 is 5.02 Å². The molecule has 29 heavy (non-hydrogen) atoms. The third kappa shape index (κ3) is 6.57. The molecule has 5 heteroatoms. The van der Waals surface area contributed by atoms with E-state index in [4.69, 9.17) is 4.74 Å². The Labute approximate surface area is 178 Å². The van der Waals surface area contributed by atoms with E-state index in [-0.39, 0.29) is 11.2 Å². The number of para-hydroxylation sites is 1. The van der Waals surface area contributed by atoms with Crippen molar-refractivity contribution in [1.29, 1.82) is 0 Å². The minimum absolute atomic E-state index is 0.109. The molecule has 0 atom stereocenters. The molecule has 3 aromatic carbocycles. The molecular formula is C24H22BrF2O2. The first-order chi connectivity index (χ1) is 13.7. The fourth-order valence-corrected chi connectivity index (χ4v) is 3.12. The van der Waals surface area contributed by atoms with Crippen molar-refractivity contribution in [3.05, 3.63) is 96.4 Å². The topological polar surface area (TPSA) is 18.5 Å². The summed E-state index contributed by atoms with van der Waals surface area (Å²) in [5.74, 6) is 1.69. The molecule has 0 bridgehead atoms. The van der Waals surface area contributed by atoms with Gasteiger partial charge in [-0.1, -0.05) is 56.3 Å². The molecule has 0 fully saturated rings. The van der Waals surface area contributed by atoms with Gasteiger partial charge in [0.2, 0.25) is 0 Å². The Morgan fingerprint density at radius 2 is 1.48 bits per heavy atom. The largest absolute Gasteiger partial charge is 0.459 e. The smallest absolute Gasteiger partial charge is 0.457 e. The summed E-state index contributed by atoms with van der Waals surface area (Å²) in [6.07, 6.45) is 2.94. The van der Waals surface area contributed by atoms with Crippen LogP contribution >= 0.6 is 15.9 Å². The zero-order valence-corrected chi connectivity index (χ0v) is 17.8. The molecule has 0 unspecified atom stereocenters. The number of alkyl halides is 3. The van der Waals surface area contributed by atoms with Gasteiger partial charge in [0.15, 0.2) is 0 Å². The first-order valence-corrected chi connectivity index (χ1v) is 10.0. The lowest BCUT2D eigenvalue weighted by molar-refractivity contribution is -0.0803. The van der Waals surface area contributed by atoms with Crippen molar-refractivity contribution in [3.8, 4) is 17.2 Å². The van der Waals surface area contributed by atoms with Gasteiger partial charge in [-0.2, -0.15) is 8.78 Å². The average Bonchev–Trinajstić information content (AvgIpc) is 2.67. The van der Waals surface area contributed by atoms with Crippen molar-refractivity contribution in [2.75, 3.05) is 0 Å². The Morgan fingerprint density at radius 3 is 2.14 bits per heavy atom. The number of ether oxygens (including phenoxy) is 2. The second-order valence-electron chi connectivity index (χ2n) is 7.26. The SMILES string of the molecule is CC(C)([CH]Cc1cccc(Oc2ccccc2)c1)c1ccc(OC(F)(F)Br)cc1. The molecule has 0 aliphatic rings. The van der Waals surface area contributed by atoms with Crippen LogP contribution in [-0.4, -0.2) is 5.02 Å². The monoisotopic (exact) mass is 459 g/mol. The van der Waals surface area contributed by atoms with E-state index in [1.807, 2.05) is 48.5 Å². The van der Waals surface area contributed by atoms with Gasteiger partial charge in [0.05, 0.1) is 0 Å². The normalized spacial score (nSPS) is 11.9. The van der Waals surface area contributed by atoms with Gasteiger partial charge in [-0.25, -0.2) is 0 Å². The maximum atomic E-state index is 12.9. The Bertz CT molecular complexity index is 920. The van der Waals surface area contributed by atoms with Gasteiger partial charge in [-0.3, -0.25) is 0 Å². The fraction of sp³-hybridized carbons (Fsp3) is 0.208. The van der Waals surface area contributed by atoms with Gasteiger partial charge in [0.1, 0.15) is 17.2 Å². The molecule has 0 aromatic heterocycles. The van der Waals surface area contributed by atoms with Crippen LogP contribution in [0.5, 0.6) is 17.2 Å². The highest BCUT2D eigenvalue weighted by atomic mass is 79.9. The van der Waals surface area contributed by atoms with Crippen LogP contribution in [0.1, 0.15) is 25.0 Å². The third-order valence-electron chi connectivity index (χ3n) is 4.56. The predicted molar refractivity (Wildman–Crippen MR) is 115 cm³/mol. The zero-order chi connectivity index (χ0) is 20.9. The first-order valence-electron chi connectivity index (χ1n) is 9.24. The fourth-order valence-electron chi connectivity index (χ4n) is 2.94. The Morgan fingerprint density at radius 1 is 0.828 bits per heavy atom. The Hall–Kier alpha value is -2.40. The lowest BCUT2D eigenvalue weighted by Gasteiger charge is -2.25. The summed E-state index contributed by atoms with van der Waals surface area (Å²) in [5.41, 5.74) is 1.90. The van der Waals surface area contributed by atoms with Crippen LogP contribution < -0.4 is 9.47 Å².